The van der Waals surface area contributed by atoms with E-state index in [1.54, 1.807) is 31.2 Å². The van der Waals surface area contributed by atoms with E-state index in [0.717, 1.165) is 0 Å². The Hall–Kier alpha value is -3.73. The Bertz CT molecular complexity index is 1410. The molecule has 1 N–H and O–H groups in total. The number of Topliss-reactive ketones (excluding diaryl/α,β-unsaturated/α-hetero) is 2. The van der Waals surface area contributed by atoms with Crippen molar-refractivity contribution >= 4 is 22.5 Å². The molecule has 0 radical (unpaired) electrons. The van der Waals surface area contributed by atoms with E-state index in [1.807, 2.05) is 52.0 Å². The fraction of sp³-hybridized carbons (Fsp3) is 0.276. The van der Waals surface area contributed by atoms with Crippen LogP contribution in [0.3, 0.4) is 0 Å². The van der Waals surface area contributed by atoms with Gasteiger partial charge in [0, 0.05) is 52.1 Å². The average Bonchev–Trinajstić information content (AvgIpc) is 2.78. The first kappa shape index (κ1) is 23.4. The molecule has 3 aromatic rings. The third-order valence-corrected chi connectivity index (χ3v) is 6.15. The summed E-state index contributed by atoms with van der Waals surface area (Å²) in [7, 11) is 0. The van der Waals surface area contributed by atoms with Crippen molar-refractivity contribution in [2.75, 3.05) is 0 Å². The maximum atomic E-state index is 13.8. The minimum Gasteiger partial charge on any atom is -0.461 e. The first-order valence-corrected chi connectivity index (χ1v) is 11.5. The highest BCUT2D eigenvalue weighted by Gasteiger charge is 2.38. The van der Waals surface area contributed by atoms with Crippen LogP contribution in [0.1, 0.15) is 61.7 Å². The number of carbonyl (C=O) groups excluding carboxylic acids is 2. The minimum atomic E-state index is -0.658. The quantitative estimate of drug-likeness (QED) is 0.473. The van der Waals surface area contributed by atoms with Crippen molar-refractivity contribution in [3.05, 3.63) is 104 Å². The van der Waals surface area contributed by atoms with Gasteiger partial charge in [-0.2, -0.15) is 0 Å². The summed E-state index contributed by atoms with van der Waals surface area (Å²) >= 11 is 0. The first-order chi connectivity index (χ1) is 16.2. The van der Waals surface area contributed by atoms with Gasteiger partial charge in [0.2, 0.25) is 0 Å². The number of carbonyl (C=O) groups is 2. The molecule has 0 aliphatic carbocycles. The zero-order valence-electron chi connectivity index (χ0n) is 20.2. The fourth-order valence-corrected chi connectivity index (χ4v) is 4.74. The molecule has 1 aliphatic heterocycles. The van der Waals surface area contributed by atoms with Crippen molar-refractivity contribution in [1.82, 2.24) is 5.32 Å². The lowest BCUT2D eigenvalue weighted by molar-refractivity contribution is -0.116. The molecule has 1 aliphatic rings. The van der Waals surface area contributed by atoms with Crippen LogP contribution in [0.25, 0.3) is 11.0 Å². The van der Waals surface area contributed by atoms with E-state index in [9.17, 15) is 14.4 Å². The van der Waals surface area contributed by atoms with Crippen molar-refractivity contribution in [3.63, 3.8) is 0 Å². The van der Waals surface area contributed by atoms with Gasteiger partial charge in [0.1, 0.15) is 11.3 Å². The maximum Gasteiger partial charge on any atom is 0.192 e. The molecule has 0 saturated carbocycles. The van der Waals surface area contributed by atoms with E-state index in [-0.39, 0.29) is 22.9 Å². The third kappa shape index (κ3) is 4.26. The van der Waals surface area contributed by atoms with E-state index in [1.165, 1.54) is 6.07 Å². The van der Waals surface area contributed by atoms with Gasteiger partial charge in [-0.1, -0.05) is 56.3 Å². The minimum absolute atomic E-state index is 0.0251. The number of allylic oxidation sites excluding steroid dienone is 4. The van der Waals surface area contributed by atoms with Crippen LogP contribution in [-0.4, -0.2) is 11.6 Å². The Morgan fingerprint density at radius 3 is 2.29 bits per heavy atom. The highest BCUT2D eigenvalue weighted by atomic mass is 16.3. The number of nitrogens with one attached hydrogen (secondary N) is 1. The summed E-state index contributed by atoms with van der Waals surface area (Å²) in [5, 5.41) is 3.71. The number of benzene rings is 2. The number of hydrogen-bond acceptors (Lipinski definition) is 5. The number of hydrogen-bond donors (Lipinski definition) is 1. The van der Waals surface area contributed by atoms with E-state index in [4.69, 9.17) is 4.42 Å². The summed E-state index contributed by atoms with van der Waals surface area (Å²) in [6.45, 7) is 9.43. The molecule has 0 spiro atoms. The lowest BCUT2D eigenvalue weighted by atomic mass is 9.75. The second-order valence-corrected chi connectivity index (χ2v) is 9.30. The number of fused-ring (bicyclic) bond motifs is 1. The number of ketones is 2. The van der Waals surface area contributed by atoms with E-state index in [2.05, 4.69) is 5.32 Å². The normalized spacial score (nSPS) is 16.2. The molecule has 4 rings (SSSR count). The van der Waals surface area contributed by atoms with Gasteiger partial charge in [-0.15, -0.1) is 0 Å². The van der Waals surface area contributed by atoms with Crippen LogP contribution >= 0.6 is 0 Å². The van der Waals surface area contributed by atoms with Crippen LogP contribution in [-0.2, 0) is 4.79 Å². The predicted octanol–water partition coefficient (Wildman–Crippen LogP) is 5.83. The van der Waals surface area contributed by atoms with Crippen molar-refractivity contribution in [2.24, 2.45) is 5.92 Å². The third-order valence-electron chi connectivity index (χ3n) is 6.15. The first-order valence-electron chi connectivity index (χ1n) is 11.5. The van der Waals surface area contributed by atoms with Crippen LogP contribution in [0.15, 0.2) is 86.3 Å². The van der Waals surface area contributed by atoms with E-state index in [0.29, 0.717) is 56.8 Å². The molecular formula is C29H29NO4. The number of para-hydroxylation sites is 1. The fourth-order valence-electron chi connectivity index (χ4n) is 4.74. The Morgan fingerprint density at radius 1 is 0.941 bits per heavy atom. The predicted molar refractivity (Wildman–Crippen MR) is 134 cm³/mol. The maximum absolute atomic E-state index is 13.8. The summed E-state index contributed by atoms with van der Waals surface area (Å²) in [6.07, 6.45) is 0.352. The van der Waals surface area contributed by atoms with Crippen molar-refractivity contribution in [1.29, 1.82) is 0 Å². The van der Waals surface area contributed by atoms with Crippen molar-refractivity contribution < 1.29 is 14.0 Å². The average molecular weight is 456 g/mol. The molecule has 174 valence electrons. The van der Waals surface area contributed by atoms with E-state index >= 15 is 0 Å². The van der Waals surface area contributed by atoms with Crippen LogP contribution < -0.4 is 10.7 Å². The van der Waals surface area contributed by atoms with Crippen LogP contribution in [0.5, 0.6) is 0 Å². The second-order valence-electron chi connectivity index (χ2n) is 9.30. The van der Waals surface area contributed by atoms with Gasteiger partial charge in [0.25, 0.3) is 0 Å². The van der Waals surface area contributed by atoms with Gasteiger partial charge in [0.15, 0.2) is 17.0 Å². The standard InChI is InChI=1S/C29H29NO4/c1-16(2)14-24(32)25-18(4)30-19(5)26(28(33)20-10-7-6-8-11-20)27(25)22-13-9-12-21-23(31)15-17(3)34-29(21)22/h6-13,15-16,27,30H,14H2,1-5H3. The monoisotopic (exact) mass is 455 g/mol. The summed E-state index contributed by atoms with van der Waals surface area (Å²) < 4.78 is 6.05. The summed E-state index contributed by atoms with van der Waals surface area (Å²) in [5.41, 5.74) is 3.86. The molecule has 1 aromatic heterocycles. The molecule has 0 fully saturated rings. The molecule has 1 atom stereocenters. The topological polar surface area (TPSA) is 76.4 Å². The molecule has 5 heteroatoms. The van der Waals surface area contributed by atoms with Crippen LogP contribution in [0, 0.1) is 12.8 Å². The molecule has 0 amide bonds. The SMILES string of the molecule is CC1=C(C(=O)CC(C)C)C(c2cccc3c(=O)cc(C)oc23)C(C(=O)c2ccccc2)=C(C)N1. The molecular weight excluding hydrogens is 426 g/mol. The smallest absolute Gasteiger partial charge is 0.192 e. The molecule has 2 heterocycles. The highest BCUT2D eigenvalue weighted by molar-refractivity contribution is 6.13. The highest BCUT2D eigenvalue weighted by Crippen LogP contribution is 2.43. The molecule has 1 unspecified atom stereocenters. The molecule has 0 bridgehead atoms. The Labute approximate surface area is 199 Å². The van der Waals surface area contributed by atoms with Crippen molar-refractivity contribution in [2.45, 2.75) is 47.0 Å². The molecule has 34 heavy (non-hydrogen) atoms. The van der Waals surface area contributed by atoms with Gasteiger partial charge < -0.3 is 9.73 Å². The van der Waals surface area contributed by atoms with Gasteiger partial charge in [-0.05, 0) is 32.8 Å². The second kappa shape index (κ2) is 9.26. The van der Waals surface area contributed by atoms with E-state index < -0.39 is 5.92 Å². The van der Waals surface area contributed by atoms with Crippen molar-refractivity contribution in [3.8, 4) is 0 Å². The van der Waals surface area contributed by atoms with Crippen LogP contribution in [0.4, 0.5) is 0 Å². The van der Waals surface area contributed by atoms with Gasteiger partial charge in [0.05, 0.1) is 5.39 Å². The summed E-state index contributed by atoms with van der Waals surface area (Å²) in [4.78, 5) is 40.1. The number of aryl methyl sites for hydroxylation is 1. The van der Waals surface area contributed by atoms with Gasteiger partial charge >= 0.3 is 0 Å². The molecule has 5 nitrogen and oxygen atoms in total. The number of rotatable bonds is 6. The molecule has 2 aromatic carbocycles. The van der Waals surface area contributed by atoms with Crippen LogP contribution in [0.2, 0.25) is 0 Å². The zero-order chi connectivity index (χ0) is 24.6. The Balaban J connectivity index is 2.02. The lowest BCUT2D eigenvalue weighted by Gasteiger charge is -2.32. The van der Waals surface area contributed by atoms with Gasteiger partial charge in [-0.25, -0.2) is 0 Å². The number of dihydropyridines is 1. The lowest BCUT2D eigenvalue weighted by Crippen LogP contribution is -2.31. The Morgan fingerprint density at radius 2 is 1.62 bits per heavy atom. The largest absolute Gasteiger partial charge is 0.461 e. The molecule has 0 saturated heterocycles. The zero-order valence-corrected chi connectivity index (χ0v) is 20.2. The Kier molecular flexibility index (Phi) is 6.38. The van der Waals surface area contributed by atoms with Gasteiger partial charge in [-0.3, -0.25) is 14.4 Å². The summed E-state index contributed by atoms with van der Waals surface area (Å²) in [6, 6.07) is 15.8. The summed E-state index contributed by atoms with van der Waals surface area (Å²) in [5.74, 6) is -0.214.